The van der Waals surface area contributed by atoms with Crippen LogP contribution in [0.1, 0.15) is 6.92 Å². The number of hydrogen-bond acceptors (Lipinski definition) is 6. The first kappa shape index (κ1) is 14.6. The van der Waals surface area contributed by atoms with Crippen molar-refractivity contribution in [3.8, 4) is 0 Å². The molecular formula is C11H22N2O3S2. The SMILES string of the molecule is CCS(=O)(=O)C1CSCCN1CC1COCCN1. The Labute approximate surface area is 114 Å². The highest BCUT2D eigenvalue weighted by atomic mass is 32.2. The lowest BCUT2D eigenvalue weighted by molar-refractivity contribution is 0.0612. The van der Waals surface area contributed by atoms with E-state index in [0.717, 1.165) is 32.0 Å². The van der Waals surface area contributed by atoms with Gasteiger partial charge in [0.05, 0.1) is 13.2 Å². The van der Waals surface area contributed by atoms with Gasteiger partial charge in [0.2, 0.25) is 0 Å². The number of sulfone groups is 1. The molecule has 106 valence electrons. The van der Waals surface area contributed by atoms with E-state index in [1.807, 2.05) is 0 Å². The van der Waals surface area contributed by atoms with E-state index in [1.54, 1.807) is 18.7 Å². The fourth-order valence-corrected chi connectivity index (χ4v) is 5.46. The van der Waals surface area contributed by atoms with Gasteiger partial charge in [-0.3, -0.25) is 4.90 Å². The molecule has 2 aliphatic heterocycles. The Bertz CT molecular complexity index is 355. The van der Waals surface area contributed by atoms with Crippen LogP contribution in [0.3, 0.4) is 0 Å². The lowest BCUT2D eigenvalue weighted by Gasteiger charge is -2.37. The van der Waals surface area contributed by atoms with E-state index in [9.17, 15) is 8.42 Å². The summed E-state index contributed by atoms with van der Waals surface area (Å²) in [7, 11) is -2.98. The minimum absolute atomic E-state index is 0.226. The average Bonchev–Trinajstić information content (AvgIpc) is 2.40. The third kappa shape index (κ3) is 3.60. The van der Waals surface area contributed by atoms with Crippen LogP contribution < -0.4 is 5.32 Å². The highest BCUT2D eigenvalue weighted by Gasteiger charge is 2.34. The zero-order valence-electron chi connectivity index (χ0n) is 10.8. The van der Waals surface area contributed by atoms with E-state index in [2.05, 4.69) is 10.2 Å². The van der Waals surface area contributed by atoms with E-state index < -0.39 is 9.84 Å². The summed E-state index contributed by atoms with van der Waals surface area (Å²) in [5.74, 6) is 1.94. The number of hydrogen-bond donors (Lipinski definition) is 1. The highest BCUT2D eigenvalue weighted by molar-refractivity contribution is 8.01. The maximum Gasteiger partial charge on any atom is 0.166 e. The van der Waals surface area contributed by atoms with Crippen molar-refractivity contribution in [3.05, 3.63) is 0 Å². The van der Waals surface area contributed by atoms with Crippen LogP contribution >= 0.6 is 11.8 Å². The Morgan fingerprint density at radius 2 is 2.33 bits per heavy atom. The monoisotopic (exact) mass is 294 g/mol. The number of thioether (sulfide) groups is 1. The van der Waals surface area contributed by atoms with Gasteiger partial charge < -0.3 is 10.1 Å². The van der Waals surface area contributed by atoms with Crippen molar-refractivity contribution in [1.29, 1.82) is 0 Å². The second-order valence-electron chi connectivity index (χ2n) is 4.70. The molecule has 2 unspecified atom stereocenters. The first-order chi connectivity index (χ1) is 8.63. The maximum absolute atomic E-state index is 12.1. The standard InChI is InChI=1S/C11H22N2O3S2/c1-2-18(14,15)11-9-17-6-4-13(11)7-10-8-16-5-3-12-10/h10-12H,2-9H2,1H3. The molecule has 0 aromatic heterocycles. The van der Waals surface area contributed by atoms with Gasteiger partial charge in [0, 0.05) is 42.9 Å². The Balaban J connectivity index is 1.99. The lowest BCUT2D eigenvalue weighted by Crippen LogP contribution is -2.55. The second-order valence-corrected chi connectivity index (χ2v) is 8.30. The van der Waals surface area contributed by atoms with Crippen LogP contribution in [0.5, 0.6) is 0 Å². The molecule has 2 aliphatic rings. The number of nitrogens with one attached hydrogen (secondary N) is 1. The number of nitrogens with zero attached hydrogens (tertiary/aromatic N) is 1. The molecule has 2 rings (SSSR count). The van der Waals surface area contributed by atoms with Crippen molar-refractivity contribution in [1.82, 2.24) is 10.2 Å². The molecule has 2 saturated heterocycles. The quantitative estimate of drug-likeness (QED) is 0.774. The Morgan fingerprint density at radius 1 is 1.50 bits per heavy atom. The normalized spacial score (nSPS) is 31.4. The van der Waals surface area contributed by atoms with E-state index in [4.69, 9.17) is 4.74 Å². The first-order valence-electron chi connectivity index (χ1n) is 6.48. The molecule has 7 heteroatoms. The third-order valence-electron chi connectivity index (χ3n) is 3.46. The summed E-state index contributed by atoms with van der Waals surface area (Å²) in [6, 6.07) is 0.261. The number of ether oxygens (including phenoxy) is 1. The fourth-order valence-electron chi connectivity index (χ4n) is 2.37. The Hall–Kier alpha value is 0.180. The summed E-state index contributed by atoms with van der Waals surface area (Å²) in [5.41, 5.74) is 0. The summed E-state index contributed by atoms with van der Waals surface area (Å²) in [6.07, 6.45) is 0. The Kier molecular flexibility index (Phi) is 5.32. The van der Waals surface area contributed by atoms with Crippen LogP contribution in [0.2, 0.25) is 0 Å². The molecule has 0 aromatic carbocycles. The molecule has 2 atom stereocenters. The minimum atomic E-state index is -2.98. The van der Waals surface area contributed by atoms with Gasteiger partial charge in [-0.15, -0.1) is 0 Å². The van der Waals surface area contributed by atoms with Gasteiger partial charge >= 0.3 is 0 Å². The molecule has 2 fully saturated rings. The summed E-state index contributed by atoms with van der Waals surface area (Å²) < 4.78 is 29.6. The van der Waals surface area contributed by atoms with Gasteiger partial charge in [-0.1, -0.05) is 6.92 Å². The zero-order valence-corrected chi connectivity index (χ0v) is 12.4. The molecular weight excluding hydrogens is 272 g/mol. The van der Waals surface area contributed by atoms with Crippen LogP contribution in [-0.4, -0.2) is 74.8 Å². The summed E-state index contributed by atoms with van der Waals surface area (Å²) in [4.78, 5) is 2.11. The van der Waals surface area contributed by atoms with Gasteiger partial charge in [-0.2, -0.15) is 11.8 Å². The van der Waals surface area contributed by atoms with E-state index in [0.29, 0.717) is 12.4 Å². The van der Waals surface area contributed by atoms with Gasteiger partial charge in [-0.25, -0.2) is 8.42 Å². The van der Waals surface area contributed by atoms with E-state index >= 15 is 0 Å². The molecule has 0 aromatic rings. The predicted octanol–water partition coefficient (Wildman–Crippen LogP) is -0.216. The second kappa shape index (κ2) is 6.56. The van der Waals surface area contributed by atoms with Crippen molar-refractivity contribution < 1.29 is 13.2 Å². The molecule has 0 aliphatic carbocycles. The largest absolute Gasteiger partial charge is 0.378 e. The maximum atomic E-state index is 12.1. The van der Waals surface area contributed by atoms with Crippen LogP contribution in [0, 0.1) is 0 Å². The minimum Gasteiger partial charge on any atom is -0.378 e. The average molecular weight is 294 g/mol. The van der Waals surface area contributed by atoms with Gasteiger partial charge in [0.1, 0.15) is 5.37 Å². The first-order valence-corrected chi connectivity index (χ1v) is 9.35. The molecule has 0 amide bonds. The molecule has 2 heterocycles. The Morgan fingerprint density at radius 3 is 3.00 bits per heavy atom. The van der Waals surface area contributed by atoms with Crippen LogP contribution in [0.15, 0.2) is 0 Å². The molecule has 1 N–H and O–H groups in total. The van der Waals surface area contributed by atoms with Crippen molar-refractivity contribution in [2.24, 2.45) is 0 Å². The lowest BCUT2D eigenvalue weighted by atomic mass is 10.2. The molecule has 0 radical (unpaired) electrons. The summed E-state index contributed by atoms with van der Waals surface area (Å²) >= 11 is 1.74. The third-order valence-corrected chi connectivity index (χ3v) is 6.79. The van der Waals surface area contributed by atoms with Crippen molar-refractivity contribution in [2.45, 2.75) is 18.3 Å². The molecule has 18 heavy (non-hydrogen) atoms. The van der Waals surface area contributed by atoms with Crippen LogP contribution in [-0.2, 0) is 14.6 Å². The number of morpholine rings is 1. The van der Waals surface area contributed by atoms with Crippen LogP contribution in [0.4, 0.5) is 0 Å². The fraction of sp³-hybridized carbons (Fsp3) is 1.00. The van der Waals surface area contributed by atoms with Crippen LogP contribution in [0.25, 0.3) is 0 Å². The van der Waals surface area contributed by atoms with E-state index in [-0.39, 0.29) is 17.2 Å². The highest BCUT2D eigenvalue weighted by Crippen LogP contribution is 2.21. The van der Waals surface area contributed by atoms with E-state index in [1.165, 1.54) is 0 Å². The summed E-state index contributed by atoms with van der Waals surface area (Å²) in [5, 5.41) is 3.07. The summed E-state index contributed by atoms with van der Waals surface area (Å²) in [6.45, 7) is 5.65. The number of rotatable bonds is 4. The van der Waals surface area contributed by atoms with Crippen molar-refractivity contribution >= 4 is 21.6 Å². The molecule has 5 nitrogen and oxygen atoms in total. The molecule has 0 spiro atoms. The molecule has 0 bridgehead atoms. The smallest absolute Gasteiger partial charge is 0.166 e. The van der Waals surface area contributed by atoms with Crippen molar-refractivity contribution in [2.75, 3.05) is 50.1 Å². The van der Waals surface area contributed by atoms with Gasteiger partial charge in [0.15, 0.2) is 9.84 Å². The topological polar surface area (TPSA) is 58.6 Å². The molecule has 0 saturated carbocycles. The van der Waals surface area contributed by atoms with Gasteiger partial charge in [0.25, 0.3) is 0 Å². The van der Waals surface area contributed by atoms with Gasteiger partial charge in [-0.05, 0) is 0 Å². The zero-order chi connectivity index (χ0) is 13.0. The van der Waals surface area contributed by atoms with Crippen molar-refractivity contribution in [3.63, 3.8) is 0 Å². The predicted molar refractivity (Wildman–Crippen MR) is 74.8 cm³/mol.